The Morgan fingerprint density at radius 1 is 1.35 bits per heavy atom. The van der Waals surface area contributed by atoms with Gasteiger partial charge in [0.25, 0.3) is 0 Å². The van der Waals surface area contributed by atoms with Gasteiger partial charge in [-0.05, 0) is 20.8 Å². The maximum atomic E-state index is 4.71. The van der Waals surface area contributed by atoms with Crippen molar-refractivity contribution in [2.45, 2.75) is 38.3 Å². The van der Waals surface area contributed by atoms with Gasteiger partial charge in [-0.3, -0.25) is 4.68 Å². The second-order valence-electron chi connectivity index (χ2n) is 5.15. The molecule has 1 aliphatic rings. The third-order valence-electron chi connectivity index (χ3n) is 3.31. The first-order valence-corrected chi connectivity index (χ1v) is 8.10. The predicted octanol–water partition coefficient (Wildman–Crippen LogP) is 3.10. The van der Waals surface area contributed by atoms with Gasteiger partial charge < -0.3 is 5.32 Å². The Morgan fingerprint density at radius 2 is 2.20 bits per heavy atom. The van der Waals surface area contributed by atoms with Gasteiger partial charge in [-0.25, -0.2) is 9.97 Å². The predicted molar refractivity (Wildman–Crippen MR) is 82.8 cm³/mol. The minimum absolute atomic E-state index is 0.349. The van der Waals surface area contributed by atoms with Crippen LogP contribution in [-0.4, -0.2) is 26.3 Å². The van der Waals surface area contributed by atoms with E-state index >= 15 is 0 Å². The van der Waals surface area contributed by atoms with Gasteiger partial charge in [0.2, 0.25) is 0 Å². The Balaban J connectivity index is 2.02. The highest BCUT2D eigenvalue weighted by atomic mass is 32.2. The van der Waals surface area contributed by atoms with Crippen LogP contribution in [0.1, 0.15) is 38.1 Å². The molecule has 6 heteroatoms. The van der Waals surface area contributed by atoms with Crippen molar-refractivity contribution < 1.29 is 0 Å². The molecule has 0 amide bonds. The van der Waals surface area contributed by atoms with Crippen LogP contribution in [0.15, 0.2) is 12.4 Å². The SMILES string of the molecule is CCNc1nc(-c2cnn(C(C)C)c2)nc2c1CSC2. The summed E-state index contributed by atoms with van der Waals surface area (Å²) in [6.45, 7) is 7.19. The second kappa shape index (κ2) is 5.44. The lowest BCUT2D eigenvalue weighted by Crippen LogP contribution is -2.06. The highest BCUT2D eigenvalue weighted by Gasteiger charge is 2.20. The molecule has 0 spiro atoms. The van der Waals surface area contributed by atoms with E-state index in [2.05, 4.69) is 36.2 Å². The van der Waals surface area contributed by atoms with E-state index in [1.807, 2.05) is 28.8 Å². The fourth-order valence-corrected chi connectivity index (χ4v) is 3.27. The number of rotatable bonds is 4. The summed E-state index contributed by atoms with van der Waals surface area (Å²) in [5, 5.41) is 7.73. The molecule has 0 aromatic carbocycles. The van der Waals surface area contributed by atoms with Crippen molar-refractivity contribution >= 4 is 17.6 Å². The molecular formula is C14H19N5S. The topological polar surface area (TPSA) is 55.6 Å². The van der Waals surface area contributed by atoms with E-state index in [1.54, 1.807) is 0 Å². The van der Waals surface area contributed by atoms with Gasteiger partial charge in [-0.15, -0.1) is 0 Å². The first-order chi connectivity index (χ1) is 9.69. The maximum Gasteiger partial charge on any atom is 0.164 e. The van der Waals surface area contributed by atoms with Crippen molar-refractivity contribution in [2.75, 3.05) is 11.9 Å². The fourth-order valence-electron chi connectivity index (χ4n) is 2.23. The minimum atomic E-state index is 0.349. The van der Waals surface area contributed by atoms with Crippen LogP contribution in [0.2, 0.25) is 0 Å². The minimum Gasteiger partial charge on any atom is -0.370 e. The van der Waals surface area contributed by atoms with Gasteiger partial charge in [-0.1, -0.05) is 0 Å². The quantitative estimate of drug-likeness (QED) is 0.937. The van der Waals surface area contributed by atoms with Crippen LogP contribution in [0, 0.1) is 0 Å². The molecule has 0 saturated carbocycles. The highest BCUT2D eigenvalue weighted by Crippen LogP contribution is 2.34. The Bertz CT molecular complexity index is 620. The van der Waals surface area contributed by atoms with Crippen LogP contribution in [-0.2, 0) is 11.5 Å². The molecule has 3 heterocycles. The van der Waals surface area contributed by atoms with Gasteiger partial charge in [0.05, 0.1) is 17.5 Å². The number of nitrogens with one attached hydrogen (secondary N) is 1. The number of anilines is 1. The van der Waals surface area contributed by atoms with Crippen LogP contribution >= 0.6 is 11.8 Å². The summed E-state index contributed by atoms with van der Waals surface area (Å²) in [7, 11) is 0. The van der Waals surface area contributed by atoms with E-state index < -0.39 is 0 Å². The van der Waals surface area contributed by atoms with Crippen molar-refractivity contribution in [3.63, 3.8) is 0 Å². The van der Waals surface area contributed by atoms with Crippen molar-refractivity contribution in [2.24, 2.45) is 0 Å². The second-order valence-corrected chi connectivity index (χ2v) is 6.13. The summed E-state index contributed by atoms with van der Waals surface area (Å²) in [5.41, 5.74) is 3.41. The first kappa shape index (κ1) is 13.4. The summed E-state index contributed by atoms with van der Waals surface area (Å²) < 4.78 is 1.94. The first-order valence-electron chi connectivity index (χ1n) is 6.95. The van der Waals surface area contributed by atoms with Crippen molar-refractivity contribution in [3.05, 3.63) is 23.7 Å². The average molecular weight is 289 g/mol. The highest BCUT2D eigenvalue weighted by molar-refractivity contribution is 7.98. The van der Waals surface area contributed by atoms with Crippen LogP contribution in [0.25, 0.3) is 11.4 Å². The zero-order chi connectivity index (χ0) is 14.1. The molecule has 0 radical (unpaired) electrons. The molecule has 20 heavy (non-hydrogen) atoms. The maximum absolute atomic E-state index is 4.71. The van der Waals surface area contributed by atoms with Crippen LogP contribution in [0.4, 0.5) is 5.82 Å². The molecule has 106 valence electrons. The number of hydrogen-bond acceptors (Lipinski definition) is 5. The van der Waals surface area contributed by atoms with E-state index in [0.29, 0.717) is 6.04 Å². The molecule has 2 aromatic heterocycles. The monoisotopic (exact) mass is 289 g/mol. The fraction of sp³-hybridized carbons (Fsp3) is 0.500. The molecule has 0 aliphatic carbocycles. The molecule has 0 atom stereocenters. The number of thioether (sulfide) groups is 1. The summed E-state index contributed by atoms with van der Waals surface area (Å²) in [4.78, 5) is 9.40. The summed E-state index contributed by atoms with van der Waals surface area (Å²) in [6, 6.07) is 0.349. The Labute approximate surface area is 123 Å². The molecule has 5 nitrogen and oxygen atoms in total. The Kier molecular flexibility index (Phi) is 3.65. The van der Waals surface area contributed by atoms with Gasteiger partial charge >= 0.3 is 0 Å². The van der Waals surface area contributed by atoms with Gasteiger partial charge in [0.15, 0.2) is 5.82 Å². The van der Waals surface area contributed by atoms with Gasteiger partial charge in [0.1, 0.15) is 5.82 Å². The normalized spacial score (nSPS) is 13.8. The lowest BCUT2D eigenvalue weighted by Gasteiger charge is -2.09. The molecule has 0 saturated heterocycles. The molecule has 1 aliphatic heterocycles. The zero-order valence-electron chi connectivity index (χ0n) is 12.1. The number of aromatic nitrogens is 4. The summed E-state index contributed by atoms with van der Waals surface area (Å²) >= 11 is 1.89. The number of nitrogens with zero attached hydrogens (tertiary/aromatic N) is 4. The molecular weight excluding hydrogens is 270 g/mol. The van der Waals surface area contributed by atoms with Crippen molar-refractivity contribution in [1.82, 2.24) is 19.7 Å². The van der Waals surface area contributed by atoms with E-state index in [1.165, 1.54) is 5.56 Å². The molecule has 3 rings (SSSR count). The average Bonchev–Trinajstić information content (AvgIpc) is 3.07. The lowest BCUT2D eigenvalue weighted by molar-refractivity contribution is 0.532. The van der Waals surface area contributed by atoms with Crippen molar-refractivity contribution in [1.29, 1.82) is 0 Å². The van der Waals surface area contributed by atoms with Gasteiger partial charge in [0, 0.05) is 35.9 Å². The van der Waals surface area contributed by atoms with E-state index in [9.17, 15) is 0 Å². The lowest BCUT2D eigenvalue weighted by atomic mass is 10.2. The summed E-state index contributed by atoms with van der Waals surface area (Å²) in [5.74, 6) is 3.73. The molecule has 0 unspecified atom stereocenters. The number of fused-ring (bicyclic) bond motifs is 1. The Morgan fingerprint density at radius 3 is 2.90 bits per heavy atom. The smallest absolute Gasteiger partial charge is 0.164 e. The van der Waals surface area contributed by atoms with Gasteiger partial charge in [-0.2, -0.15) is 16.9 Å². The standard InChI is InChI=1S/C14H19N5S/c1-4-15-14-11-7-20-8-12(11)17-13(18-14)10-5-16-19(6-10)9(2)3/h5-6,9H,4,7-8H2,1-3H3,(H,15,17,18). The van der Waals surface area contributed by atoms with Crippen LogP contribution in [0.5, 0.6) is 0 Å². The van der Waals surface area contributed by atoms with Crippen LogP contribution in [0.3, 0.4) is 0 Å². The van der Waals surface area contributed by atoms with Crippen molar-refractivity contribution in [3.8, 4) is 11.4 Å². The Hall–Kier alpha value is -1.56. The van der Waals surface area contributed by atoms with Crippen LogP contribution < -0.4 is 5.32 Å². The summed E-state index contributed by atoms with van der Waals surface area (Å²) in [6.07, 6.45) is 3.86. The molecule has 2 aromatic rings. The third-order valence-corrected chi connectivity index (χ3v) is 4.28. The number of hydrogen-bond donors (Lipinski definition) is 1. The molecule has 0 fully saturated rings. The third kappa shape index (κ3) is 2.40. The molecule has 0 bridgehead atoms. The molecule has 1 N–H and O–H groups in total. The van der Waals surface area contributed by atoms with E-state index in [0.717, 1.165) is 41.0 Å². The largest absolute Gasteiger partial charge is 0.370 e. The van der Waals surface area contributed by atoms with E-state index in [-0.39, 0.29) is 0 Å². The zero-order valence-corrected chi connectivity index (χ0v) is 12.9. The van der Waals surface area contributed by atoms with E-state index in [4.69, 9.17) is 4.98 Å².